The van der Waals surface area contributed by atoms with Gasteiger partial charge in [-0.2, -0.15) is 0 Å². The molecule has 0 radical (unpaired) electrons. The van der Waals surface area contributed by atoms with Crippen molar-refractivity contribution in [3.05, 3.63) is 114 Å². The first-order valence-electron chi connectivity index (χ1n) is 9.36. The lowest BCUT2D eigenvalue weighted by molar-refractivity contribution is 0.103. The summed E-state index contributed by atoms with van der Waals surface area (Å²) in [7, 11) is 1.61. The number of hydrogen-bond donors (Lipinski definition) is 0. The summed E-state index contributed by atoms with van der Waals surface area (Å²) in [5.41, 5.74) is 1.37. The average Bonchev–Trinajstić information content (AvgIpc) is 3.18. The fourth-order valence-corrected chi connectivity index (χ4v) is 4.28. The third-order valence-corrected chi connectivity index (χ3v) is 5.82. The van der Waals surface area contributed by atoms with Gasteiger partial charge < -0.3 is 4.74 Å². The van der Waals surface area contributed by atoms with Gasteiger partial charge in [0.1, 0.15) is 5.75 Å². The minimum Gasteiger partial charge on any atom is -0.497 e. The molecule has 5 aromatic rings. The highest BCUT2D eigenvalue weighted by Gasteiger charge is 2.07. The van der Waals surface area contributed by atoms with E-state index < -0.39 is 0 Å². The van der Waals surface area contributed by atoms with E-state index in [9.17, 15) is 4.79 Å². The fraction of sp³-hybridized carbons (Fsp3) is 0.0385. The summed E-state index contributed by atoms with van der Waals surface area (Å²) in [6.07, 6.45) is 0. The van der Waals surface area contributed by atoms with Crippen LogP contribution in [0.5, 0.6) is 5.75 Å². The summed E-state index contributed by atoms with van der Waals surface area (Å²) in [6.45, 7) is 0. The van der Waals surface area contributed by atoms with Crippen molar-refractivity contribution in [2.24, 2.45) is 0 Å². The number of rotatable bonds is 3. The molecule has 2 nitrogen and oxygen atoms in total. The molecule has 1 aromatic heterocycles. The predicted molar refractivity (Wildman–Crippen MR) is 122 cm³/mol. The Hall–Kier alpha value is -3.43. The maximum atomic E-state index is 12.0. The van der Waals surface area contributed by atoms with E-state index in [1.54, 1.807) is 31.4 Å². The first-order valence-corrected chi connectivity index (χ1v) is 10.2. The Bertz CT molecular complexity index is 1190. The SMILES string of the molecule is COc1ccc(C(=O)c2ccccc2)cc1.c1ccc2c(c1)sc1ccccc12. The number of carbonyl (C=O) groups excluding carboxylic acids is 1. The Morgan fingerprint density at radius 2 is 1.10 bits per heavy atom. The number of ketones is 1. The average molecular weight is 397 g/mol. The number of carbonyl (C=O) groups is 1. The molecule has 0 saturated carbocycles. The predicted octanol–water partition coefficient (Wildman–Crippen LogP) is 6.98. The standard InChI is InChI=1S/C14H12O2.C12H8S/c1-16-13-9-7-12(8-10-13)14(15)11-5-3-2-4-6-11;1-3-7-11-9(5-1)10-6-2-4-8-12(10)13-11/h2-10H,1H3;1-8H. The van der Waals surface area contributed by atoms with Crippen molar-refractivity contribution in [3.8, 4) is 5.75 Å². The lowest BCUT2D eigenvalue weighted by Crippen LogP contribution is -2.00. The van der Waals surface area contributed by atoms with Crippen molar-refractivity contribution in [1.29, 1.82) is 0 Å². The highest BCUT2D eigenvalue weighted by molar-refractivity contribution is 7.25. The maximum absolute atomic E-state index is 12.0. The third-order valence-electron chi connectivity index (χ3n) is 4.67. The number of ether oxygens (including phenoxy) is 1. The summed E-state index contributed by atoms with van der Waals surface area (Å²) >= 11 is 1.86. The summed E-state index contributed by atoms with van der Waals surface area (Å²) in [5.74, 6) is 0.785. The summed E-state index contributed by atoms with van der Waals surface area (Å²) in [5, 5.41) is 2.76. The molecule has 4 aromatic carbocycles. The lowest BCUT2D eigenvalue weighted by atomic mass is 10.0. The van der Waals surface area contributed by atoms with Crippen LogP contribution in [0.4, 0.5) is 0 Å². The number of methoxy groups -OCH3 is 1. The molecule has 3 heteroatoms. The van der Waals surface area contributed by atoms with Crippen LogP contribution < -0.4 is 4.74 Å². The van der Waals surface area contributed by atoms with E-state index >= 15 is 0 Å². The molecule has 0 aliphatic carbocycles. The number of thiophene rings is 1. The molecular weight excluding hydrogens is 376 g/mol. The third kappa shape index (κ3) is 4.20. The van der Waals surface area contributed by atoms with Crippen LogP contribution >= 0.6 is 11.3 Å². The van der Waals surface area contributed by atoms with Crippen molar-refractivity contribution in [2.75, 3.05) is 7.11 Å². The zero-order chi connectivity index (χ0) is 20.1. The number of fused-ring (bicyclic) bond motifs is 3. The molecular formula is C26H20O2S. The fourth-order valence-electron chi connectivity index (χ4n) is 3.17. The quantitative estimate of drug-likeness (QED) is 0.308. The first kappa shape index (κ1) is 18.9. The van der Waals surface area contributed by atoms with Gasteiger partial charge in [0.15, 0.2) is 5.78 Å². The number of hydrogen-bond acceptors (Lipinski definition) is 3. The second-order valence-corrected chi connectivity index (χ2v) is 7.60. The van der Waals surface area contributed by atoms with Gasteiger partial charge in [-0.25, -0.2) is 0 Å². The van der Waals surface area contributed by atoms with E-state index in [-0.39, 0.29) is 5.78 Å². The van der Waals surface area contributed by atoms with E-state index in [1.165, 1.54) is 20.2 Å². The zero-order valence-corrected chi connectivity index (χ0v) is 16.9. The Kier molecular flexibility index (Phi) is 5.68. The van der Waals surface area contributed by atoms with Crippen LogP contribution in [-0.4, -0.2) is 12.9 Å². The van der Waals surface area contributed by atoms with Crippen molar-refractivity contribution >= 4 is 37.3 Å². The molecule has 29 heavy (non-hydrogen) atoms. The van der Waals surface area contributed by atoms with Gasteiger partial charge in [-0.3, -0.25) is 4.79 Å². The molecule has 0 amide bonds. The summed E-state index contributed by atoms with van der Waals surface area (Å²) in [4.78, 5) is 12.0. The molecule has 0 aliphatic heterocycles. The zero-order valence-electron chi connectivity index (χ0n) is 16.0. The van der Waals surface area contributed by atoms with E-state index in [0.717, 1.165) is 5.75 Å². The van der Waals surface area contributed by atoms with Crippen molar-refractivity contribution < 1.29 is 9.53 Å². The first-order chi connectivity index (χ1) is 14.3. The van der Waals surface area contributed by atoms with Gasteiger partial charge >= 0.3 is 0 Å². The topological polar surface area (TPSA) is 26.3 Å². The van der Waals surface area contributed by atoms with Crippen LogP contribution in [0.25, 0.3) is 20.2 Å². The van der Waals surface area contributed by atoms with Crippen LogP contribution in [0, 0.1) is 0 Å². The Morgan fingerprint density at radius 3 is 1.66 bits per heavy atom. The molecule has 0 spiro atoms. The van der Waals surface area contributed by atoms with Crippen LogP contribution in [0.3, 0.4) is 0 Å². The van der Waals surface area contributed by atoms with E-state index in [0.29, 0.717) is 11.1 Å². The second-order valence-electron chi connectivity index (χ2n) is 6.52. The molecule has 0 saturated heterocycles. The van der Waals surface area contributed by atoms with Gasteiger partial charge in [-0.15, -0.1) is 11.3 Å². The van der Waals surface area contributed by atoms with Gasteiger partial charge in [0.2, 0.25) is 0 Å². The van der Waals surface area contributed by atoms with E-state index in [2.05, 4.69) is 48.5 Å². The van der Waals surface area contributed by atoms with Gasteiger partial charge in [0.25, 0.3) is 0 Å². The molecule has 0 bridgehead atoms. The highest BCUT2D eigenvalue weighted by atomic mass is 32.1. The van der Waals surface area contributed by atoms with Crippen LogP contribution in [0.15, 0.2) is 103 Å². The minimum atomic E-state index is 0.0308. The van der Waals surface area contributed by atoms with Crippen molar-refractivity contribution in [3.63, 3.8) is 0 Å². The molecule has 0 unspecified atom stereocenters. The van der Waals surface area contributed by atoms with Gasteiger partial charge in [-0.05, 0) is 36.4 Å². The summed E-state index contributed by atoms with van der Waals surface area (Å²) in [6, 6.07) is 33.5. The number of benzene rings is 4. The van der Waals surface area contributed by atoms with Gasteiger partial charge in [-0.1, -0.05) is 66.7 Å². The largest absolute Gasteiger partial charge is 0.497 e. The van der Waals surface area contributed by atoms with Crippen molar-refractivity contribution in [2.45, 2.75) is 0 Å². The monoisotopic (exact) mass is 396 g/mol. The maximum Gasteiger partial charge on any atom is 0.193 e. The lowest BCUT2D eigenvalue weighted by Gasteiger charge is -2.02. The minimum absolute atomic E-state index is 0.0308. The molecule has 0 aliphatic rings. The molecule has 0 fully saturated rings. The van der Waals surface area contributed by atoms with Crippen molar-refractivity contribution in [1.82, 2.24) is 0 Å². The normalized spacial score (nSPS) is 10.4. The smallest absolute Gasteiger partial charge is 0.193 e. The Morgan fingerprint density at radius 1 is 0.621 bits per heavy atom. The Balaban J connectivity index is 0.000000144. The van der Waals surface area contributed by atoms with Crippen LogP contribution in [0.1, 0.15) is 15.9 Å². The molecule has 1 heterocycles. The molecule has 0 N–H and O–H groups in total. The van der Waals surface area contributed by atoms with E-state index in [4.69, 9.17) is 4.74 Å². The molecule has 5 rings (SSSR count). The van der Waals surface area contributed by atoms with Crippen LogP contribution in [-0.2, 0) is 0 Å². The molecule has 0 atom stereocenters. The van der Waals surface area contributed by atoms with Crippen LogP contribution in [0.2, 0.25) is 0 Å². The molecule has 142 valence electrons. The highest BCUT2D eigenvalue weighted by Crippen LogP contribution is 2.32. The van der Waals surface area contributed by atoms with E-state index in [1.807, 2.05) is 41.7 Å². The van der Waals surface area contributed by atoms with Gasteiger partial charge in [0, 0.05) is 31.3 Å². The Labute approximate surface area is 174 Å². The van der Waals surface area contributed by atoms with Gasteiger partial charge in [0.05, 0.1) is 7.11 Å². The second kappa shape index (κ2) is 8.72. The summed E-state index contributed by atoms with van der Waals surface area (Å²) < 4.78 is 7.80.